The monoisotopic (exact) mass is 386 g/mol. The lowest BCUT2D eigenvalue weighted by molar-refractivity contribution is 0.351. The van der Waals surface area contributed by atoms with Gasteiger partial charge in [0.2, 0.25) is 7.37 Å². The average Bonchev–Trinajstić information content (AvgIpc) is 2.61. The molecule has 0 heterocycles. The summed E-state index contributed by atoms with van der Waals surface area (Å²) in [7, 11) is -3.41. The summed E-state index contributed by atoms with van der Waals surface area (Å²) in [5.41, 5.74) is 0.769. The van der Waals surface area contributed by atoms with E-state index in [-0.39, 0.29) is 34.3 Å². The topological polar surface area (TPSA) is 124 Å². The molecule has 2 aromatic rings. The Morgan fingerprint density at radius 2 is 1.70 bits per heavy atom. The normalized spacial score (nSPS) is 12.7. The van der Waals surface area contributed by atoms with Crippen LogP contribution in [0.25, 0.3) is 0 Å². The van der Waals surface area contributed by atoms with Crippen LogP contribution in [0.3, 0.4) is 0 Å². The predicted octanol–water partition coefficient (Wildman–Crippen LogP) is 4.29. The summed E-state index contributed by atoms with van der Waals surface area (Å²) < 4.78 is 22.4. The molecule has 0 radical (unpaired) electrons. The summed E-state index contributed by atoms with van der Waals surface area (Å²) in [5, 5.41) is 28.7. The van der Waals surface area contributed by atoms with Crippen LogP contribution in [0, 0.1) is 22.7 Å². The standard InChI is InChI=1S/C19H19N2O5P/c1-12(2)17-8-15(4-5-18(17)22)26-19-13(9-20)6-16(7-14(19)10-21)25-11-27(3,23)24/h4-8,12,22H,11H2,1-3H3,(H,23,24). The minimum absolute atomic E-state index is 0.0482. The van der Waals surface area contributed by atoms with Gasteiger partial charge in [0.25, 0.3) is 0 Å². The van der Waals surface area contributed by atoms with Crippen molar-refractivity contribution >= 4 is 7.37 Å². The molecule has 140 valence electrons. The molecule has 0 spiro atoms. The van der Waals surface area contributed by atoms with Crippen molar-refractivity contribution in [2.24, 2.45) is 0 Å². The van der Waals surface area contributed by atoms with E-state index in [0.29, 0.717) is 11.3 Å². The van der Waals surface area contributed by atoms with Crippen molar-refractivity contribution in [3.8, 4) is 35.1 Å². The molecule has 0 bridgehead atoms. The molecule has 1 unspecified atom stereocenters. The van der Waals surface area contributed by atoms with Crippen molar-refractivity contribution in [3.63, 3.8) is 0 Å². The number of aromatic hydroxyl groups is 1. The van der Waals surface area contributed by atoms with Crippen LogP contribution in [0.15, 0.2) is 30.3 Å². The first-order valence-electron chi connectivity index (χ1n) is 8.05. The SMILES string of the molecule is CC(C)c1cc(Oc2c(C#N)cc(OCP(C)(=O)O)cc2C#N)ccc1O. The van der Waals surface area contributed by atoms with Crippen molar-refractivity contribution in [3.05, 3.63) is 47.0 Å². The lowest BCUT2D eigenvalue weighted by Crippen LogP contribution is -2.00. The highest BCUT2D eigenvalue weighted by atomic mass is 31.2. The Morgan fingerprint density at radius 3 is 2.19 bits per heavy atom. The van der Waals surface area contributed by atoms with E-state index in [0.717, 1.165) is 6.66 Å². The number of nitriles is 2. The van der Waals surface area contributed by atoms with E-state index in [4.69, 9.17) is 9.47 Å². The lowest BCUT2D eigenvalue weighted by Gasteiger charge is -2.15. The number of hydrogen-bond donors (Lipinski definition) is 2. The number of ether oxygens (including phenoxy) is 2. The summed E-state index contributed by atoms with van der Waals surface area (Å²) >= 11 is 0. The van der Waals surface area contributed by atoms with E-state index >= 15 is 0 Å². The molecule has 0 aliphatic carbocycles. The second-order valence-electron chi connectivity index (χ2n) is 6.37. The van der Waals surface area contributed by atoms with Gasteiger partial charge in [0, 0.05) is 24.4 Å². The van der Waals surface area contributed by atoms with Crippen LogP contribution < -0.4 is 9.47 Å². The molecule has 0 fully saturated rings. The van der Waals surface area contributed by atoms with Crippen LogP contribution in [0.5, 0.6) is 23.0 Å². The first kappa shape index (κ1) is 20.3. The minimum Gasteiger partial charge on any atom is -0.508 e. The van der Waals surface area contributed by atoms with Crippen LogP contribution in [-0.2, 0) is 4.57 Å². The first-order valence-corrected chi connectivity index (χ1v) is 10.3. The van der Waals surface area contributed by atoms with Crippen molar-refractivity contribution in [2.75, 3.05) is 13.0 Å². The van der Waals surface area contributed by atoms with E-state index in [9.17, 15) is 25.1 Å². The molecule has 2 aromatic carbocycles. The van der Waals surface area contributed by atoms with E-state index < -0.39 is 13.7 Å². The maximum absolute atomic E-state index is 11.4. The molecule has 0 saturated carbocycles. The Balaban J connectivity index is 2.42. The maximum Gasteiger partial charge on any atom is 0.233 e. The van der Waals surface area contributed by atoms with Gasteiger partial charge >= 0.3 is 0 Å². The van der Waals surface area contributed by atoms with Gasteiger partial charge < -0.3 is 19.5 Å². The van der Waals surface area contributed by atoms with Gasteiger partial charge in [-0.15, -0.1) is 0 Å². The van der Waals surface area contributed by atoms with Gasteiger partial charge in [0.15, 0.2) is 12.1 Å². The Bertz CT molecular complexity index is 948. The fourth-order valence-corrected chi connectivity index (χ4v) is 2.72. The van der Waals surface area contributed by atoms with E-state index in [1.807, 2.05) is 26.0 Å². The van der Waals surface area contributed by atoms with Gasteiger partial charge in [-0.2, -0.15) is 10.5 Å². The van der Waals surface area contributed by atoms with Gasteiger partial charge in [0.05, 0.1) is 11.1 Å². The Labute approximate surface area is 157 Å². The molecule has 8 heteroatoms. The Kier molecular flexibility index (Phi) is 6.13. The highest BCUT2D eigenvalue weighted by molar-refractivity contribution is 7.56. The Hall–Kier alpha value is -2.99. The molecule has 0 amide bonds. The largest absolute Gasteiger partial charge is 0.508 e. The third-order valence-electron chi connectivity index (χ3n) is 3.62. The predicted molar refractivity (Wildman–Crippen MR) is 99.4 cm³/mol. The van der Waals surface area contributed by atoms with Crippen molar-refractivity contribution in [2.45, 2.75) is 19.8 Å². The smallest absolute Gasteiger partial charge is 0.233 e. The number of phenolic OH excluding ortho intramolecular Hbond substituents is 1. The average molecular weight is 386 g/mol. The third-order valence-corrected chi connectivity index (χ3v) is 4.22. The molecule has 27 heavy (non-hydrogen) atoms. The van der Waals surface area contributed by atoms with Crippen LogP contribution in [0.2, 0.25) is 0 Å². The van der Waals surface area contributed by atoms with Crippen molar-refractivity contribution in [1.82, 2.24) is 0 Å². The fraction of sp³-hybridized carbons (Fsp3) is 0.263. The zero-order chi connectivity index (χ0) is 20.2. The molecule has 0 aliphatic heterocycles. The van der Waals surface area contributed by atoms with E-state index in [1.165, 1.54) is 24.3 Å². The summed E-state index contributed by atoms with van der Waals surface area (Å²) in [6.07, 6.45) is -0.432. The van der Waals surface area contributed by atoms with Gasteiger partial charge in [-0.1, -0.05) is 13.8 Å². The summed E-state index contributed by atoms with van der Waals surface area (Å²) in [4.78, 5) is 9.33. The van der Waals surface area contributed by atoms with E-state index in [1.54, 1.807) is 6.07 Å². The number of benzene rings is 2. The van der Waals surface area contributed by atoms with Crippen LogP contribution in [0.4, 0.5) is 0 Å². The maximum atomic E-state index is 11.4. The van der Waals surface area contributed by atoms with Crippen LogP contribution in [-0.4, -0.2) is 23.0 Å². The molecule has 0 saturated heterocycles. The van der Waals surface area contributed by atoms with Gasteiger partial charge in [-0.05, 0) is 24.1 Å². The van der Waals surface area contributed by atoms with Gasteiger partial charge in [0.1, 0.15) is 29.4 Å². The zero-order valence-electron chi connectivity index (χ0n) is 15.1. The number of rotatable bonds is 6. The van der Waals surface area contributed by atoms with Gasteiger partial charge in [-0.3, -0.25) is 4.57 Å². The number of hydrogen-bond acceptors (Lipinski definition) is 6. The zero-order valence-corrected chi connectivity index (χ0v) is 16.0. The quantitative estimate of drug-likeness (QED) is 0.710. The van der Waals surface area contributed by atoms with Crippen molar-refractivity contribution < 1.29 is 24.0 Å². The molecule has 0 aromatic heterocycles. The fourth-order valence-electron chi connectivity index (χ4n) is 2.33. The summed E-state index contributed by atoms with van der Waals surface area (Å²) in [6, 6.07) is 11.2. The highest BCUT2D eigenvalue weighted by Crippen LogP contribution is 2.38. The molecule has 0 aliphatic rings. The summed E-state index contributed by atoms with van der Waals surface area (Å²) in [6.45, 7) is 4.98. The van der Waals surface area contributed by atoms with Crippen LogP contribution >= 0.6 is 7.37 Å². The molecule has 2 N–H and O–H groups in total. The third kappa shape index (κ3) is 5.24. The molecule has 1 atom stereocenters. The lowest BCUT2D eigenvalue weighted by atomic mass is 10.0. The minimum atomic E-state index is -3.41. The molecular weight excluding hydrogens is 367 g/mol. The second kappa shape index (κ2) is 8.14. The summed E-state index contributed by atoms with van der Waals surface area (Å²) in [5.74, 6) is 0.733. The molecular formula is C19H19N2O5P. The number of phenols is 1. The second-order valence-corrected chi connectivity index (χ2v) is 8.73. The molecule has 2 rings (SSSR count). The highest BCUT2D eigenvalue weighted by Gasteiger charge is 2.17. The molecule has 7 nitrogen and oxygen atoms in total. The van der Waals surface area contributed by atoms with Gasteiger partial charge in [-0.25, -0.2) is 0 Å². The number of nitrogens with zero attached hydrogens (tertiary/aromatic N) is 2. The van der Waals surface area contributed by atoms with Crippen molar-refractivity contribution in [1.29, 1.82) is 10.5 Å². The van der Waals surface area contributed by atoms with E-state index in [2.05, 4.69) is 0 Å². The Morgan fingerprint density at radius 1 is 1.11 bits per heavy atom. The first-order chi connectivity index (χ1) is 12.6. The van der Waals surface area contributed by atoms with Crippen LogP contribution in [0.1, 0.15) is 36.5 Å².